The van der Waals surface area contributed by atoms with Crippen molar-refractivity contribution in [3.05, 3.63) is 24.3 Å². The summed E-state index contributed by atoms with van der Waals surface area (Å²) in [5.41, 5.74) is 0. The predicted octanol–water partition coefficient (Wildman–Crippen LogP) is 0.784. The lowest BCUT2D eigenvalue weighted by Gasteiger charge is -2.16. The van der Waals surface area contributed by atoms with Gasteiger partial charge < -0.3 is 4.74 Å². The maximum Gasteiger partial charge on any atom is 0.243 e. The Bertz CT molecular complexity index is 723. The van der Waals surface area contributed by atoms with Crippen molar-refractivity contribution in [2.45, 2.75) is 35.6 Å². The molecule has 0 bridgehead atoms. The van der Waals surface area contributed by atoms with Crippen LogP contribution in [0.4, 0.5) is 0 Å². The van der Waals surface area contributed by atoms with Gasteiger partial charge in [-0.3, -0.25) is 0 Å². The fourth-order valence-corrected chi connectivity index (χ4v) is 5.23. The van der Waals surface area contributed by atoms with Crippen molar-refractivity contribution in [1.29, 1.82) is 0 Å². The molecule has 9 heteroatoms. The Hall–Kier alpha value is -1.00. The highest BCUT2D eigenvalue weighted by Crippen LogP contribution is 2.22. The first kappa shape index (κ1) is 18.3. The molecule has 1 aliphatic heterocycles. The molecule has 130 valence electrons. The van der Waals surface area contributed by atoms with Crippen molar-refractivity contribution in [2.24, 2.45) is 0 Å². The van der Waals surface area contributed by atoms with Crippen LogP contribution in [0.5, 0.6) is 0 Å². The fourth-order valence-electron chi connectivity index (χ4n) is 2.49. The summed E-state index contributed by atoms with van der Waals surface area (Å²) in [6.07, 6.45) is 1.71. The summed E-state index contributed by atoms with van der Waals surface area (Å²) in [5, 5.41) is 0. The average molecular weight is 362 g/mol. The molecule has 0 radical (unpaired) electrons. The van der Waals surface area contributed by atoms with Gasteiger partial charge in [0.25, 0.3) is 0 Å². The van der Waals surface area contributed by atoms with E-state index in [1.165, 1.54) is 35.7 Å². The highest BCUT2D eigenvalue weighted by Gasteiger charge is 2.27. The molecule has 1 aromatic rings. The van der Waals surface area contributed by atoms with Gasteiger partial charge in [0.1, 0.15) is 0 Å². The number of sulfonamides is 2. The van der Waals surface area contributed by atoms with Crippen molar-refractivity contribution in [2.75, 3.05) is 26.8 Å². The number of hydrogen-bond acceptors (Lipinski definition) is 5. The molecule has 0 spiro atoms. The minimum Gasteiger partial charge on any atom is -0.383 e. The Kier molecular flexibility index (Phi) is 5.79. The lowest BCUT2D eigenvalue weighted by Crippen LogP contribution is -2.35. The van der Waals surface area contributed by atoms with Crippen molar-refractivity contribution < 1.29 is 21.6 Å². The number of methoxy groups -OCH3 is 1. The first-order valence-corrected chi connectivity index (χ1v) is 10.3. The van der Waals surface area contributed by atoms with Crippen LogP contribution in [-0.2, 0) is 24.8 Å². The minimum atomic E-state index is -3.70. The molecule has 0 unspecified atom stereocenters. The van der Waals surface area contributed by atoms with Crippen molar-refractivity contribution in [3.8, 4) is 0 Å². The normalized spacial score (nSPS) is 18.2. The van der Waals surface area contributed by atoms with E-state index >= 15 is 0 Å². The van der Waals surface area contributed by atoms with Gasteiger partial charge in [0.15, 0.2) is 0 Å². The zero-order valence-electron chi connectivity index (χ0n) is 13.2. The Morgan fingerprint density at radius 1 is 1.09 bits per heavy atom. The van der Waals surface area contributed by atoms with Gasteiger partial charge in [-0.05, 0) is 44.0 Å². The Labute approximate surface area is 137 Å². The number of hydrogen-bond donors (Lipinski definition) is 1. The highest BCUT2D eigenvalue weighted by atomic mass is 32.2. The van der Waals surface area contributed by atoms with Crippen LogP contribution in [0.15, 0.2) is 34.1 Å². The van der Waals surface area contributed by atoms with E-state index in [9.17, 15) is 16.8 Å². The van der Waals surface area contributed by atoms with Gasteiger partial charge in [-0.25, -0.2) is 21.6 Å². The number of nitrogens with one attached hydrogen (secondary N) is 1. The first-order chi connectivity index (χ1) is 10.8. The Balaban J connectivity index is 2.19. The molecule has 0 amide bonds. The minimum absolute atomic E-state index is 0.0285. The van der Waals surface area contributed by atoms with E-state index < -0.39 is 20.0 Å². The predicted molar refractivity (Wildman–Crippen MR) is 86.1 cm³/mol. The fraction of sp³-hybridized carbons (Fsp3) is 0.571. The molecule has 0 aromatic heterocycles. The molecule has 1 aliphatic rings. The van der Waals surface area contributed by atoms with E-state index in [0.29, 0.717) is 13.1 Å². The molecule has 0 saturated carbocycles. The first-order valence-electron chi connectivity index (χ1n) is 7.39. The molecule has 0 aliphatic carbocycles. The molecule has 2 rings (SSSR count). The molecule has 1 atom stereocenters. The van der Waals surface area contributed by atoms with Gasteiger partial charge in [0, 0.05) is 26.2 Å². The van der Waals surface area contributed by atoms with Crippen molar-refractivity contribution in [1.82, 2.24) is 9.03 Å². The molecule has 1 saturated heterocycles. The lowest BCUT2D eigenvalue weighted by molar-refractivity contribution is 0.180. The zero-order valence-corrected chi connectivity index (χ0v) is 14.9. The molecule has 1 N–H and O–H groups in total. The third-order valence-corrected chi connectivity index (χ3v) is 7.13. The van der Waals surface area contributed by atoms with E-state index in [1.54, 1.807) is 6.92 Å². The smallest absolute Gasteiger partial charge is 0.243 e. The molecule has 1 fully saturated rings. The van der Waals surface area contributed by atoms with E-state index in [0.717, 1.165) is 12.8 Å². The molecule has 1 heterocycles. The van der Waals surface area contributed by atoms with Crippen molar-refractivity contribution >= 4 is 20.0 Å². The summed E-state index contributed by atoms with van der Waals surface area (Å²) in [4.78, 5) is 0.143. The Morgan fingerprint density at radius 3 is 2.13 bits per heavy atom. The maximum absolute atomic E-state index is 12.4. The number of ether oxygens (including phenoxy) is 1. The molecule has 1 aromatic carbocycles. The van der Waals surface area contributed by atoms with Gasteiger partial charge in [-0.2, -0.15) is 4.31 Å². The number of rotatable bonds is 7. The Morgan fingerprint density at radius 2 is 1.61 bits per heavy atom. The summed E-state index contributed by atoms with van der Waals surface area (Å²) in [6, 6.07) is 4.92. The molecular formula is C14H22N2O5S2. The summed E-state index contributed by atoms with van der Waals surface area (Å²) in [7, 11) is -5.75. The maximum atomic E-state index is 12.4. The van der Waals surface area contributed by atoms with Crippen LogP contribution >= 0.6 is 0 Å². The van der Waals surface area contributed by atoms with E-state index in [1.807, 2.05) is 0 Å². The quantitative estimate of drug-likeness (QED) is 0.774. The summed E-state index contributed by atoms with van der Waals surface area (Å²) in [5.74, 6) is 0. The average Bonchev–Trinajstić information content (AvgIpc) is 3.02. The van der Waals surface area contributed by atoms with Crippen LogP contribution in [0.2, 0.25) is 0 Å². The second kappa shape index (κ2) is 7.27. The van der Waals surface area contributed by atoms with Gasteiger partial charge in [-0.1, -0.05) is 0 Å². The SMILES string of the molecule is COC[C@H](C)NS(=O)(=O)c1ccc(S(=O)(=O)N2CCCC2)cc1. The van der Waals surface area contributed by atoms with E-state index in [-0.39, 0.29) is 22.4 Å². The standard InChI is InChI=1S/C14H22N2O5S2/c1-12(11-21-2)15-22(17,18)13-5-7-14(8-6-13)23(19,20)16-9-3-4-10-16/h5-8,12,15H,3-4,9-11H2,1-2H3/t12-/m0/s1. The number of nitrogens with zero attached hydrogens (tertiary/aromatic N) is 1. The van der Waals surface area contributed by atoms with E-state index in [2.05, 4.69) is 4.72 Å². The third-order valence-electron chi connectivity index (χ3n) is 3.61. The monoisotopic (exact) mass is 362 g/mol. The summed E-state index contributed by atoms with van der Waals surface area (Å²) in [6.45, 7) is 2.96. The van der Waals surface area contributed by atoms with Gasteiger partial charge in [0.05, 0.1) is 16.4 Å². The second-order valence-electron chi connectivity index (χ2n) is 5.56. The molecule has 7 nitrogen and oxygen atoms in total. The van der Waals surface area contributed by atoms with Crippen LogP contribution < -0.4 is 4.72 Å². The molecule has 23 heavy (non-hydrogen) atoms. The summed E-state index contributed by atoms with van der Waals surface area (Å²) < 4.78 is 58.0. The van der Waals surface area contributed by atoms with Crippen LogP contribution in [-0.4, -0.2) is 54.0 Å². The number of benzene rings is 1. The van der Waals surface area contributed by atoms with Crippen molar-refractivity contribution in [3.63, 3.8) is 0 Å². The largest absolute Gasteiger partial charge is 0.383 e. The van der Waals surface area contributed by atoms with Crippen LogP contribution in [0.1, 0.15) is 19.8 Å². The van der Waals surface area contributed by atoms with Gasteiger partial charge in [-0.15, -0.1) is 0 Å². The van der Waals surface area contributed by atoms with Gasteiger partial charge >= 0.3 is 0 Å². The van der Waals surface area contributed by atoms with Crippen LogP contribution in [0.25, 0.3) is 0 Å². The summed E-state index contributed by atoms with van der Waals surface area (Å²) >= 11 is 0. The van der Waals surface area contributed by atoms with Crippen LogP contribution in [0.3, 0.4) is 0 Å². The zero-order chi connectivity index (χ0) is 17.1. The van der Waals surface area contributed by atoms with Crippen LogP contribution in [0, 0.1) is 0 Å². The molecular weight excluding hydrogens is 340 g/mol. The topological polar surface area (TPSA) is 92.8 Å². The van der Waals surface area contributed by atoms with E-state index in [4.69, 9.17) is 4.74 Å². The third kappa shape index (κ3) is 4.30. The second-order valence-corrected chi connectivity index (χ2v) is 9.21. The van der Waals surface area contributed by atoms with Gasteiger partial charge in [0.2, 0.25) is 20.0 Å². The lowest BCUT2D eigenvalue weighted by atomic mass is 10.4. The highest BCUT2D eigenvalue weighted by molar-refractivity contribution is 7.89.